The Morgan fingerprint density at radius 3 is 0.718 bits per heavy atom. The molecule has 12 heteroatoms. The van der Waals surface area contributed by atoms with E-state index in [1.165, 1.54) is 393 Å². The molecule has 0 spiro atoms. The van der Waals surface area contributed by atoms with Crippen LogP contribution >= 0.6 is 79.6 Å². The van der Waals surface area contributed by atoms with E-state index in [1.807, 2.05) is 12.1 Å². The molecule has 0 saturated heterocycles. The summed E-state index contributed by atoms with van der Waals surface area (Å²) in [6, 6.07) is 57.8. The van der Waals surface area contributed by atoms with Gasteiger partial charge in [-0.2, -0.15) is 0 Å². The van der Waals surface area contributed by atoms with Crippen LogP contribution in [0.1, 0.15) is 336 Å². The van der Waals surface area contributed by atoms with Crippen LogP contribution in [0.15, 0.2) is 174 Å². The van der Waals surface area contributed by atoms with Crippen molar-refractivity contribution in [1.29, 1.82) is 0 Å². The van der Waals surface area contributed by atoms with Crippen molar-refractivity contribution in [3.8, 4) is 29.6 Å². The van der Waals surface area contributed by atoms with Crippen molar-refractivity contribution < 1.29 is 5.11 Å². The fourth-order valence-electron chi connectivity index (χ4n) is 17.8. The molecule has 698 valence electrons. The van der Waals surface area contributed by atoms with Crippen LogP contribution in [0.4, 0.5) is 0 Å². The second-order valence-corrected chi connectivity index (χ2v) is 59.5. The number of halogens is 5. The van der Waals surface area contributed by atoms with E-state index in [0.717, 1.165) is 29.9 Å². The number of fused-ring (bicyclic) bond motifs is 10. The number of rotatable bonds is 45. The van der Waals surface area contributed by atoms with Crippen LogP contribution < -0.4 is 0 Å². The van der Waals surface area contributed by atoms with Crippen molar-refractivity contribution in [2.24, 2.45) is 0 Å². The van der Waals surface area contributed by atoms with Crippen LogP contribution in [0.25, 0.3) is 102 Å². The number of phenolic OH excluding ortho intramolecular Hbond substituents is 1. The number of hydrogen-bond acceptors (Lipinski definition) is 1. The quantitative estimate of drug-likeness (QED) is 0.0229. The Morgan fingerprint density at radius 1 is 0.244 bits per heavy atom. The van der Waals surface area contributed by atoms with Gasteiger partial charge in [0.2, 0.25) is 0 Å². The first-order chi connectivity index (χ1) is 63.6. The molecule has 0 atom stereocenters. The number of benzene rings is 10. The monoisotopic (exact) mass is 2410 g/mol. The Kier molecular flexibility index (Phi) is 47.5. The standard InChI is InChI=1S/C27H35BrSeSi.C24H27BrSe.2C23H29BrSe.C22H27BrOSe/c1-5-6-7-8-9-10-11-12-13-25-18-24-17-22-16-21(14-15-30(2,3)4)26(28)19-23(22)20-27(24)29-25;1-3-5-6-7-8-9-10-11-12-22-15-21-14-19-13-18(4-2)23(25)16-20(19)17-24(21)26-22;2*1-3-4-5-6-7-8-9-10-11-21-14-20-13-18-12-17(2)22(24)15-19(18)16-23(20)25-21;1-2-3-4-5-6-7-8-9-10-19-12-18-11-16-14-21(24)20(23)13-17(16)15-22(18)25-19/h16-20H,5-13H2,1-4H3;2,13-17H,3,5-12H2,1H3;2*12-16H,3-11H2,1-2H3;11-15,24H,2-10H2,1H3. The third kappa shape index (κ3) is 35.6. The minimum absolute atomic E-state index is 0.319. The summed E-state index contributed by atoms with van der Waals surface area (Å²) in [5.74, 6) is 6.51. The summed E-state index contributed by atoms with van der Waals surface area (Å²) in [5, 5.41) is 30.1. The van der Waals surface area contributed by atoms with Gasteiger partial charge >= 0.3 is 873 Å². The van der Waals surface area contributed by atoms with Gasteiger partial charge < -0.3 is 0 Å². The molecular formula is C119H147Br5OSe5Si. The van der Waals surface area contributed by atoms with Crippen molar-refractivity contribution in [3.05, 3.63) is 218 Å². The fraction of sp³-hybridized carbons (Fsp3) is 0.462. The molecule has 1 N–H and O–H groups in total. The number of hydrogen-bond donors (Lipinski definition) is 1. The van der Waals surface area contributed by atoms with Gasteiger partial charge in [-0.1, -0.05) is 0 Å². The molecule has 0 saturated carbocycles. The molecule has 0 aliphatic carbocycles. The average molecular weight is 2420 g/mol. The molecule has 0 aliphatic rings. The van der Waals surface area contributed by atoms with E-state index in [1.54, 1.807) is 35.0 Å². The third-order valence-electron chi connectivity index (χ3n) is 25.5. The zero-order chi connectivity index (χ0) is 92.9. The zero-order valence-electron chi connectivity index (χ0n) is 80.7. The summed E-state index contributed by atoms with van der Waals surface area (Å²) in [6.07, 6.45) is 68.0. The van der Waals surface area contributed by atoms with Crippen LogP contribution in [-0.4, -0.2) is 85.7 Å². The summed E-state index contributed by atoms with van der Waals surface area (Å²) < 4.78 is 21.4. The molecule has 0 bridgehead atoms. The van der Waals surface area contributed by atoms with E-state index in [4.69, 9.17) is 6.42 Å². The molecule has 15 rings (SSSR count). The summed E-state index contributed by atoms with van der Waals surface area (Å²) >= 11 is 20.7. The van der Waals surface area contributed by atoms with E-state index in [9.17, 15) is 5.11 Å². The summed E-state index contributed by atoms with van der Waals surface area (Å²) in [7, 11) is -1.37. The molecule has 0 radical (unpaired) electrons. The molecule has 15 aromatic rings. The number of unbranched alkanes of at least 4 members (excludes halogenated alkanes) is 35. The second kappa shape index (κ2) is 57.8. The fourth-order valence-corrected chi connectivity index (χ4v) is 32.2. The first-order valence-electron chi connectivity index (χ1n) is 50.5. The number of phenols is 1. The van der Waals surface area contributed by atoms with Crippen molar-refractivity contribution in [2.75, 3.05) is 0 Å². The third-order valence-corrected chi connectivity index (χ3v) is 42.2. The van der Waals surface area contributed by atoms with Gasteiger partial charge in [0.05, 0.1) is 0 Å². The molecular weight excluding hydrogens is 2270 g/mol. The average Bonchev–Trinajstić information content (AvgIpc) is 1.71. The molecule has 10 aromatic carbocycles. The Bertz CT molecular complexity index is 5690. The Labute approximate surface area is 862 Å². The van der Waals surface area contributed by atoms with E-state index in [0.29, 0.717) is 78.3 Å². The molecule has 5 heterocycles. The maximum atomic E-state index is 9.89. The summed E-state index contributed by atoms with van der Waals surface area (Å²) in [4.78, 5) is 0. The van der Waals surface area contributed by atoms with Crippen LogP contribution in [-0.2, 0) is 32.1 Å². The van der Waals surface area contributed by atoms with Crippen LogP contribution in [0, 0.1) is 37.7 Å². The normalized spacial score (nSPS) is 11.6. The van der Waals surface area contributed by atoms with Crippen molar-refractivity contribution in [3.63, 3.8) is 0 Å². The van der Waals surface area contributed by atoms with Gasteiger partial charge in [0.1, 0.15) is 0 Å². The zero-order valence-corrected chi connectivity index (χ0v) is 98.2. The predicted octanol–water partition coefficient (Wildman–Crippen LogP) is 39.0. The molecule has 0 unspecified atom stereocenters. The Balaban J connectivity index is 0.000000158. The van der Waals surface area contributed by atoms with Crippen molar-refractivity contribution >= 4 is 262 Å². The molecule has 1 nitrogen and oxygen atoms in total. The molecule has 131 heavy (non-hydrogen) atoms. The van der Waals surface area contributed by atoms with Crippen molar-refractivity contribution in [1.82, 2.24) is 0 Å². The first kappa shape index (κ1) is 108. The van der Waals surface area contributed by atoms with Crippen LogP contribution in [0.3, 0.4) is 0 Å². The Morgan fingerprint density at radius 2 is 0.458 bits per heavy atom. The van der Waals surface area contributed by atoms with Crippen LogP contribution in [0.5, 0.6) is 5.75 Å². The number of aryl methyl sites for hydroxylation is 7. The SMILES string of the molecule is C#Cc1cc2cc3cc(CCCCCCCCCC)[se]c3cc2cc1Br.CCCCCCCCCCc1cc2cc3cc(C#C[Si](C)(C)C)c(Br)cc3cc2[se]1.CCCCCCCCCCc1cc2cc3cc(C)c(Br)cc3cc2[se]1.CCCCCCCCCCc1cc2cc3cc(C)c(Br)cc3cc2[se]1.CCCCCCCCCCc1cc2cc3cc(O)c(Br)cc3cc2[se]1. The van der Waals surface area contributed by atoms with Gasteiger partial charge in [-0.05, 0) is 0 Å². The van der Waals surface area contributed by atoms with Gasteiger partial charge in [-0.25, -0.2) is 0 Å². The summed E-state index contributed by atoms with van der Waals surface area (Å²) in [5.41, 5.74) is 8.19. The van der Waals surface area contributed by atoms with Gasteiger partial charge in [-0.3, -0.25) is 0 Å². The first-order valence-corrected chi connectivity index (χ1v) is 66.5. The van der Waals surface area contributed by atoms with E-state index < -0.39 is 8.07 Å². The van der Waals surface area contributed by atoms with Gasteiger partial charge in [-0.15, -0.1) is 0 Å². The molecule has 0 fully saturated rings. The predicted molar refractivity (Wildman–Crippen MR) is 611 cm³/mol. The molecule has 5 aromatic heterocycles. The van der Waals surface area contributed by atoms with E-state index in [2.05, 4.69) is 305 Å². The van der Waals surface area contributed by atoms with Gasteiger partial charge in [0.25, 0.3) is 0 Å². The second-order valence-electron chi connectivity index (χ2n) is 38.2. The maximum absolute atomic E-state index is 9.89. The number of terminal acetylenes is 1. The molecule has 0 amide bonds. The number of aromatic hydroxyl groups is 1. The van der Waals surface area contributed by atoms with Gasteiger partial charge in [0.15, 0.2) is 0 Å². The van der Waals surface area contributed by atoms with Crippen LogP contribution in [0.2, 0.25) is 19.6 Å². The van der Waals surface area contributed by atoms with Crippen molar-refractivity contribution in [2.45, 2.75) is 357 Å². The topological polar surface area (TPSA) is 20.2 Å². The Hall–Kier alpha value is -3.67. The van der Waals surface area contributed by atoms with E-state index in [-0.39, 0.29) is 0 Å². The van der Waals surface area contributed by atoms with Gasteiger partial charge in [0, 0.05) is 0 Å². The van der Waals surface area contributed by atoms with E-state index >= 15 is 0 Å². The molecule has 0 aliphatic heterocycles. The summed E-state index contributed by atoms with van der Waals surface area (Å²) in [6.45, 7) is 22.7. The minimum atomic E-state index is -1.37.